The van der Waals surface area contributed by atoms with E-state index < -0.39 is 30.6 Å². The van der Waals surface area contributed by atoms with Crippen molar-refractivity contribution < 1.29 is 33.9 Å². The van der Waals surface area contributed by atoms with Crippen LogP contribution in [0.4, 0.5) is 4.79 Å². The second-order valence-electron chi connectivity index (χ2n) is 8.08. The Hall–Kier alpha value is -2.79. The number of nitrogens with one attached hydrogen (secondary N) is 1. The molecular weight excluding hydrogens is 393 g/mol. The lowest BCUT2D eigenvalue weighted by atomic mass is 9.70. The van der Waals surface area contributed by atoms with Gasteiger partial charge in [0.2, 0.25) is 0 Å². The number of nitrogens with zero attached hydrogens (tertiary/aromatic N) is 1. The van der Waals surface area contributed by atoms with Crippen molar-refractivity contribution in [1.82, 2.24) is 10.2 Å². The summed E-state index contributed by atoms with van der Waals surface area (Å²) < 4.78 is 10.6. The summed E-state index contributed by atoms with van der Waals surface area (Å²) in [7, 11) is -0.226. The van der Waals surface area contributed by atoms with E-state index in [4.69, 9.17) is 15.1 Å². The molecule has 30 heavy (non-hydrogen) atoms. The molecule has 3 amide bonds. The fourth-order valence-corrected chi connectivity index (χ4v) is 4.71. The van der Waals surface area contributed by atoms with E-state index in [-0.39, 0.29) is 29.4 Å². The van der Waals surface area contributed by atoms with Gasteiger partial charge in [0.15, 0.2) is 0 Å². The summed E-state index contributed by atoms with van der Waals surface area (Å²) in [6.07, 6.45) is 2.55. The largest absolute Gasteiger partial charge is 0.547 e. The maximum atomic E-state index is 13.3. The molecule has 0 bridgehead atoms. The zero-order valence-corrected chi connectivity index (χ0v) is 16.6. The molecule has 160 valence electrons. The van der Waals surface area contributed by atoms with Crippen LogP contribution >= 0.6 is 0 Å². The molecule has 10 nitrogen and oxygen atoms in total. The van der Waals surface area contributed by atoms with Gasteiger partial charge in [-0.2, -0.15) is 0 Å². The van der Waals surface area contributed by atoms with Crippen molar-refractivity contribution in [2.24, 2.45) is 11.7 Å². The summed E-state index contributed by atoms with van der Waals surface area (Å²) in [6.45, 7) is 0.545. The number of carbonyl (C=O) groups is 3. The van der Waals surface area contributed by atoms with Crippen LogP contribution in [0.3, 0.4) is 0 Å². The fraction of sp³-hybridized carbons (Fsp3) is 0.526. The zero-order valence-electron chi connectivity index (χ0n) is 16.6. The van der Waals surface area contributed by atoms with Crippen molar-refractivity contribution >= 4 is 25.0 Å². The van der Waals surface area contributed by atoms with Crippen molar-refractivity contribution in [2.75, 3.05) is 13.7 Å². The number of carboxylic acid groups (broad SMARTS) is 1. The van der Waals surface area contributed by atoms with Crippen LogP contribution in [0.15, 0.2) is 12.1 Å². The number of rotatable bonds is 4. The SMILES string of the molecule is COc1ccc2c(c1C(=O)O)OB(O)[C@@H](N1C(=O)NC3(CCC(CN)CC3)C1=O)C2. The molecule has 1 atom stereocenters. The molecule has 2 fully saturated rings. The Balaban J connectivity index is 1.62. The number of methoxy groups -OCH3 is 1. The van der Waals surface area contributed by atoms with Crippen LogP contribution in [0.5, 0.6) is 11.5 Å². The number of carbonyl (C=O) groups excluding carboxylic acids is 2. The highest BCUT2D eigenvalue weighted by Crippen LogP contribution is 2.40. The summed E-state index contributed by atoms with van der Waals surface area (Å²) in [5.74, 6) is -2.21. The van der Waals surface area contributed by atoms with Crippen LogP contribution < -0.4 is 20.4 Å². The van der Waals surface area contributed by atoms with E-state index in [1.807, 2.05) is 0 Å². The molecule has 1 aromatic carbocycles. The number of urea groups is 1. The Labute approximate surface area is 173 Å². The van der Waals surface area contributed by atoms with Gasteiger partial charge in [-0.15, -0.1) is 0 Å². The van der Waals surface area contributed by atoms with Gasteiger partial charge >= 0.3 is 19.1 Å². The third kappa shape index (κ3) is 3.09. The van der Waals surface area contributed by atoms with Crippen LogP contribution in [0, 0.1) is 5.92 Å². The highest BCUT2D eigenvalue weighted by molar-refractivity contribution is 6.47. The molecule has 0 aromatic heterocycles. The van der Waals surface area contributed by atoms with Gasteiger partial charge in [0, 0.05) is 0 Å². The predicted octanol–water partition coefficient (Wildman–Crippen LogP) is 0.156. The fourth-order valence-electron chi connectivity index (χ4n) is 4.71. The molecule has 4 rings (SSSR count). The van der Waals surface area contributed by atoms with Crippen LogP contribution in [0.25, 0.3) is 0 Å². The number of nitrogens with two attached hydrogens (primary N) is 1. The predicted molar refractivity (Wildman–Crippen MR) is 105 cm³/mol. The number of hydrogen-bond donors (Lipinski definition) is 4. The van der Waals surface area contributed by atoms with Gasteiger partial charge in [0.1, 0.15) is 22.6 Å². The molecule has 1 aliphatic carbocycles. The number of amides is 3. The molecule has 11 heteroatoms. The standard InChI is InChI=1S/C19H24BN3O7/c1-29-12-3-2-11-8-13(20(28)30-15(11)14(12)16(24)25)23-17(26)19(22-18(23)27)6-4-10(9-21)5-7-19/h2-3,10,13,28H,4-9,21H2,1H3,(H,22,27)(H,24,25)/t10?,13-,19?/m0/s1. The first kappa shape index (κ1) is 20.5. The highest BCUT2D eigenvalue weighted by Gasteiger charge is 2.57. The summed E-state index contributed by atoms with van der Waals surface area (Å²) >= 11 is 0. The van der Waals surface area contributed by atoms with E-state index in [1.54, 1.807) is 6.07 Å². The van der Waals surface area contributed by atoms with Crippen molar-refractivity contribution in [3.8, 4) is 11.5 Å². The number of ether oxygens (including phenoxy) is 1. The Morgan fingerprint density at radius 3 is 2.70 bits per heavy atom. The average Bonchev–Trinajstić information content (AvgIpc) is 2.96. The lowest BCUT2D eigenvalue weighted by molar-refractivity contribution is -0.133. The van der Waals surface area contributed by atoms with Gasteiger partial charge in [0.05, 0.1) is 13.1 Å². The van der Waals surface area contributed by atoms with Crippen LogP contribution in [-0.2, 0) is 11.2 Å². The Morgan fingerprint density at radius 1 is 1.40 bits per heavy atom. The topological polar surface area (TPSA) is 151 Å². The molecule has 2 heterocycles. The minimum Gasteiger partial charge on any atom is -0.534 e. The monoisotopic (exact) mass is 417 g/mol. The van der Waals surface area contributed by atoms with Crippen molar-refractivity contribution in [2.45, 2.75) is 43.6 Å². The van der Waals surface area contributed by atoms with Gasteiger partial charge in [-0.3, -0.25) is 9.69 Å². The van der Waals surface area contributed by atoms with Crippen LogP contribution in [0.1, 0.15) is 41.6 Å². The van der Waals surface area contributed by atoms with Gasteiger partial charge in [-0.25, -0.2) is 9.59 Å². The number of benzene rings is 1. The Kier molecular flexibility index (Phi) is 5.11. The lowest BCUT2D eigenvalue weighted by Crippen LogP contribution is -2.57. The van der Waals surface area contributed by atoms with Gasteiger partial charge in [-0.1, -0.05) is 6.07 Å². The number of hydrogen-bond acceptors (Lipinski definition) is 7. The second kappa shape index (κ2) is 7.48. The van der Waals surface area contributed by atoms with Crippen LogP contribution in [-0.4, -0.2) is 65.2 Å². The molecule has 1 aromatic rings. The third-order valence-electron chi connectivity index (χ3n) is 6.45. The minimum atomic E-state index is -1.56. The molecule has 0 radical (unpaired) electrons. The molecule has 1 saturated carbocycles. The highest BCUT2D eigenvalue weighted by atomic mass is 16.5. The number of aromatic carboxylic acids is 1. The number of carboxylic acids is 1. The van der Waals surface area contributed by atoms with Crippen molar-refractivity contribution in [1.29, 1.82) is 0 Å². The van der Waals surface area contributed by atoms with E-state index in [0.717, 1.165) is 17.7 Å². The van der Waals surface area contributed by atoms with Gasteiger partial charge < -0.3 is 30.6 Å². The maximum Gasteiger partial charge on any atom is 0.547 e. The summed E-state index contributed by atoms with van der Waals surface area (Å²) in [5, 5.41) is 23.0. The Morgan fingerprint density at radius 2 is 2.10 bits per heavy atom. The van der Waals surface area contributed by atoms with E-state index >= 15 is 0 Å². The lowest BCUT2D eigenvalue weighted by Gasteiger charge is -2.36. The summed E-state index contributed by atoms with van der Waals surface area (Å²) in [5.41, 5.74) is 5.02. The van der Waals surface area contributed by atoms with Gasteiger partial charge in [-0.05, 0) is 56.2 Å². The molecule has 3 aliphatic rings. The first-order chi connectivity index (χ1) is 14.3. The number of imide groups is 1. The van der Waals surface area contributed by atoms with Crippen molar-refractivity contribution in [3.05, 3.63) is 23.3 Å². The first-order valence-corrected chi connectivity index (χ1v) is 9.95. The van der Waals surface area contributed by atoms with E-state index in [0.29, 0.717) is 30.9 Å². The van der Waals surface area contributed by atoms with Crippen molar-refractivity contribution in [3.63, 3.8) is 0 Å². The Bertz CT molecular complexity index is 900. The number of fused-ring (bicyclic) bond motifs is 1. The minimum absolute atomic E-state index is 0.0178. The molecule has 5 N–H and O–H groups in total. The van der Waals surface area contributed by atoms with Gasteiger partial charge in [0.25, 0.3) is 5.91 Å². The van der Waals surface area contributed by atoms with E-state index in [2.05, 4.69) is 5.32 Å². The van der Waals surface area contributed by atoms with E-state index in [1.165, 1.54) is 13.2 Å². The third-order valence-corrected chi connectivity index (χ3v) is 6.45. The quantitative estimate of drug-likeness (QED) is 0.399. The normalized spacial score (nSPS) is 28.2. The first-order valence-electron chi connectivity index (χ1n) is 9.95. The average molecular weight is 417 g/mol. The van der Waals surface area contributed by atoms with E-state index in [9.17, 15) is 24.5 Å². The second-order valence-corrected chi connectivity index (χ2v) is 8.08. The molecular formula is C19H24BN3O7. The molecule has 2 aliphatic heterocycles. The molecule has 0 unspecified atom stereocenters. The summed E-state index contributed by atoms with van der Waals surface area (Å²) in [4.78, 5) is 38.7. The summed E-state index contributed by atoms with van der Waals surface area (Å²) in [6, 6.07) is 2.52. The zero-order chi connectivity index (χ0) is 21.6. The smallest absolute Gasteiger partial charge is 0.534 e. The van der Waals surface area contributed by atoms with Crippen LogP contribution in [0.2, 0.25) is 0 Å². The molecule has 1 saturated heterocycles. The maximum absolute atomic E-state index is 13.3. The molecule has 1 spiro atoms.